The first-order valence-corrected chi connectivity index (χ1v) is 6.69. The summed E-state index contributed by atoms with van der Waals surface area (Å²) >= 11 is 0. The van der Waals surface area contributed by atoms with Gasteiger partial charge in [0.05, 0.1) is 0 Å². The molecule has 0 bridgehead atoms. The summed E-state index contributed by atoms with van der Waals surface area (Å²) in [6.45, 7) is 7.98. The molecule has 1 atom stereocenters. The minimum Gasteiger partial charge on any atom is -0.330 e. The number of nitrogens with two attached hydrogens (primary N) is 1. The molecule has 3 heteroatoms. The summed E-state index contributed by atoms with van der Waals surface area (Å²) in [5.74, 6) is 1.58. The first kappa shape index (κ1) is 13.9. The van der Waals surface area contributed by atoms with E-state index < -0.39 is 0 Å². The van der Waals surface area contributed by atoms with E-state index in [0.29, 0.717) is 5.92 Å². The van der Waals surface area contributed by atoms with Crippen LogP contribution < -0.4 is 5.73 Å². The summed E-state index contributed by atoms with van der Waals surface area (Å²) in [4.78, 5) is 4.88. The average molecular weight is 227 g/mol. The molecule has 96 valence electrons. The third-order valence-corrected chi connectivity index (χ3v) is 3.78. The quantitative estimate of drug-likeness (QED) is 0.741. The van der Waals surface area contributed by atoms with Gasteiger partial charge in [-0.3, -0.25) is 0 Å². The van der Waals surface area contributed by atoms with Gasteiger partial charge in [-0.2, -0.15) is 0 Å². The van der Waals surface area contributed by atoms with Gasteiger partial charge in [-0.1, -0.05) is 6.92 Å². The van der Waals surface area contributed by atoms with Crippen molar-refractivity contribution in [1.82, 2.24) is 9.80 Å². The number of hydrogen-bond acceptors (Lipinski definition) is 3. The van der Waals surface area contributed by atoms with E-state index in [9.17, 15) is 0 Å². The fraction of sp³-hybridized carbons (Fsp3) is 1.00. The Labute approximate surface area is 101 Å². The van der Waals surface area contributed by atoms with E-state index in [0.717, 1.165) is 19.0 Å². The van der Waals surface area contributed by atoms with Crippen molar-refractivity contribution >= 4 is 0 Å². The zero-order valence-electron chi connectivity index (χ0n) is 11.3. The zero-order valence-corrected chi connectivity index (χ0v) is 11.3. The Hall–Kier alpha value is -0.120. The second kappa shape index (κ2) is 7.25. The topological polar surface area (TPSA) is 32.5 Å². The van der Waals surface area contributed by atoms with Gasteiger partial charge in [0.25, 0.3) is 0 Å². The van der Waals surface area contributed by atoms with Crippen LogP contribution in [0.15, 0.2) is 0 Å². The molecule has 1 saturated heterocycles. The van der Waals surface area contributed by atoms with Gasteiger partial charge >= 0.3 is 0 Å². The molecule has 1 unspecified atom stereocenters. The molecule has 3 nitrogen and oxygen atoms in total. The van der Waals surface area contributed by atoms with Gasteiger partial charge in [-0.15, -0.1) is 0 Å². The van der Waals surface area contributed by atoms with Crippen LogP contribution in [0.4, 0.5) is 0 Å². The predicted molar refractivity (Wildman–Crippen MR) is 70.6 cm³/mol. The fourth-order valence-electron chi connectivity index (χ4n) is 2.45. The molecule has 0 saturated carbocycles. The minimum absolute atomic E-state index is 0.627. The molecule has 1 aliphatic heterocycles. The minimum atomic E-state index is 0.627. The van der Waals surface area contributed by atoms with Gasteiger partial charge in [-0.25, -0.2) is 0 Å². The zero-order chi connectivity index (χ0) is 12.0. The van der Waals surface area contributed by atoms with E-state index in [4.69, 9.17) is 5.73 Å². The van der Waals surface area contributed by atoms with Crippen LogP contribution in [0.25, 0.3) is 0 Å². The second-order valence-corrected chi connectivity index (χ2v) is 5.64. The largest absolute Gasteiger partial charge is 0.330 e. The van der Waals surface area contributed by atoms with E-state index in [1.807, 2.05) is 0 Å². The van der Waals surface area contributed by atoms with E-state index in [1.54, 1.807) is 0 Å². The van der Waals surface area contributed by atoms with Crippen molar-refractivity contribution in [3.8, 4) is 0 Å². The van der Waals surface area contributed by atoms with Crippen LogP contribution in [-0.2, 0) is 0 Å². The van der Waals surface area contributed by atoms with Crippen molar-refractivity contribution in [3.05, 3.63) is 0 Å². The second-order valence-electron chi connectivity index (χ2n) is 5.64. The van der Waals surface area contributed by atoms with Crippen molar-refractivity contribution < 1.29 is 0 Å². The summed E-state index contributed by atoms with van der Waals surface area (Å²) in [7, 11) is 4.45. The third kappa shape index (κ3) is 5.28. The van der Waals surface area contributed by atoms with Gasteiger partial charge < -0.3 is 15.5 Å². The molecule has 1 heterocycles. The standard InChI is InChI=1S/C13H29N3/c1-12(10-14)11-16(3)9-6-13-4-7-15(2)8-5-13/h12-13H,4-11,14H2,1-3H3. The highest BCUT2D eigenvalue weighted by molar-refractivity contribution is 4.71. The lowest BCUT2D eigenvalue weighted by Gasteiger charge is -2.30. The molecule has 0 radical (unpaired) electrons. The van der Waals surface area contributed by atoms with E-state index in [2.05, 4.69) is 30.8 Å². The molecule has 1 aliphatic rings. The summed E-state index contributed by atoms with van der Waals surface area (Å²) in [5, 5.41) is 0. The number of piperidine rings is 1. The Morgan fingerprint density at radius 3 is 2.56 bits per heavy atom. The van der Waals surface area contributed by atoms with Crippen molar-refractivity contribution in [1.29, 1.82) is 0 Å². The van der Waals surface area contributed by atoms with Gasteiger partial charge in [0.2, 0.25) is 0 Å². The maximum atomic E-state index is 5.64. The Morgan fingerprint density at radius 2 is 2.00 bits per heavy atom. The predicted octanol–water partition coefficient (Wildman–Crippen LogP) is 1.24. The number of nitrogens with zero attached hydrogens (tertiary/aromatic N) is 2. The van der Waals surface area contributed by atoms with E-state index in [1.165, 1.54) is 38.9 Å². The van der Waals surface area contributed by atoms with Crippen molar-refractivity contribution in [2.75, 3.05) is 46.8 Å². The normalized spacial score (nSPS) is 21.6. The highest BCUT2D eigenvalue weighted by Crippen LogP contribution is 2.19. The molecular formula is C13H29N3. The van der Waals surface area contributed by atoms with Gasteiger partial charge in [0.1, 0.15) is 0 Å². The van der Waals surface area contributed by atoms with Crippen LogP contribution in [0.3, 0.4) is 0 Å². The first-order valence-electron chi connectivity index (χ1n) is 6.69. The maximum absolute atomic E-state index is 5.64. The third-order valence-electron chi connectivity index (χ3n) is 3.78. The Balaban J connectivity index is 2.09. The smallest absolute Gasteiger partial charge is 0.00160 e. The summed E-state index contributed by atoms with van der Waals surface area (Å²) in [6.07, 6.45) is 4.13. The molecule has 0 aliphatic carbocycles. The molecule has 2 N–H and O–H groups in total. The Kier molecular flexibility index (Phi) is 6.32. The monoisotopic (exact) mass is 227 g/mol. The highest BCUT2D eigenvalue weighted by Gasteiger charge is 2.17. The Bertz CT molecular complexity index is 176. The molecule has 0 aromatic carbocycles. The van der Waals surface area contributed by atoms with Crippen LogP contribution >= 0.6 is 0 Å². The molecule has 0 spiro atoms. The first-order chi connectivity index (χ1) is 7.61. The van der Waals surface area contributed by atoms with E-state index in [-0.39, 0.29) is 0 Å². The molecule has 1 fully saturated rings. The van der Waals surface area contributed by atoms with E-state index >= 15 is 0 Å². The number of rotatable bonds is 6. The van der Waals surface area contributed by atoms with Gasteiger partial charge in [-0.05, 0) is 71.4 Å². The lowest BCUT2D eigenvalue weighted by atomic mass is 9.93. The summed E-state index contributed by atoms with van der Waals surface area (Å²) in [5.41, 5.74) is 5.64. The van der Waals surface area contributed by atoms with Crippen LogP contribution in [0.2, 0.25) is 0 Å². The molecular weight excluding hydrogens is 198 g/mol. The van der Waals surface area contributed by atoms with Crippen molar-refractivity contribution in [3.63, 3.8) is 0 Å². The summed E-state index contributed by atoms with van der Waals surface area (Å²) in [6, 6.07) is 0. The van der Waals surface area contributed by atoms with Gasteiger partial charge in [0, 0.05) is 6.54 Å². The molecule has 16 heavy (non-hydrogen) atoms. The van der Waals surface area contributed by atoms with Crippen LogP contribution in [-0.4, -0.2) is 56.6 Å². The average Bonchev–Trinajstić information content (AvgIpc) is 2.28. The SMILES string of the molecule is CC(CN)CN(C)CCC1CCN(C)CC1. The highest BCUT2D eigenvalue weighted by atomic mass is 15.1. The van der Waals surface area contributed by atoms with Crippen LogP contribution in [0.5, 0.6) is 0 Å². The lowest BCUT2D eigenvalue weighted by molar-refractivity contribution is 0.190. The Morgan fingerprint density at radius 1 is 1.38 bits per heavy atom. The number of likely N-dealkylation sites (tertiary alicyclic amines) is 1. The van der Waals surface area contributed by atoms with Gasteiger partial charge in [0.15, 0.2) is 0 Å². The van der Waals surface area contributed by atoms with Crippen molar-refractivity contribution in [2.24, 2.45) is 17.6 Å². The molecule has 0 amide bonds. The molecule has 1 rings (SSSR count). The van der Waals surface area contributed by atoms with Crippen molar-refractivity contribution in [2.45, 2.75) is 26.2 Å². The summed E-state index contributed by atoms with van der Waals surface area (Å²) < 4.78 is 0. The molecule has 0 aromatic rings. The van der Waals surface area contributed by atoms with Crippen LogP contribution in [0, 0.1) is 11.8 Å². The number of hydrogen-bond donors (Lipinski definition) is 1. The van der Waals surface area contributed by atoms with Crippen LogP contribution in [0.1, 0.15) is 26.2 Å². The maximum Gasteiger partial charge on any atom is 0.00160 e. The fourth-order valence-corrected chi connectivity index (χ4v) is 2.45. The lowest BCUT2D eigenvalue weighted by Crippen LogP contribution is -2.33. The molecule has 0 aromatic heterocycles.